The molecule has 2 aromatic carbocycles. The maximum Gasteiger partial charge on any atom is 0.280 e. The average molecular weight is 344 g/mol. The fourth-order valence-corrected chi connectivity index (χ4v) is 2.88. The van der Waals surface area contributed by atoms with Crippen LogP contribution >= 0.6 is 0 Å². The fourth-order valence-electron chi connectivity index (χ4n) is 2.88. The topological polar surface area (TPSA) is 69.8 Å². The van der Waals surface area contributed by atoms with Crippen molar-refractivity contribution < 1.29 is 4.79 Å². The molecule has 0 saturated carbocycles. The summed E-state index contributed by atoms with van der Waals surface area (Å²) < 4.78 is 3.10. The minimum Gasteiger partial charge on any atom is -0.320 e. The first-order valence-electron chi connectivity index (χ1n) is 8.25. The predicted molar refractivity (Wildman–Crippen MR) is 98.1 cm³/mol. The number of carbonyl (C=O) groups excluding carboxylic acids is 1. The first-order chi connectivity index (χ1) is 12.7. The van der Waals surface area contributed by atoms with E-state index in [0.29, 0.717) is 23.3 Å². The number of carbonyl (C=O) groups is 1. The first-order valence-corrected chi connectivity index (χ1v) is 8.25. The molecule has 0 atom stereocenters. The van der Waals surface area contributed by atoms with E-state index in [1.165, 1.54) is 10.9 Å². The summed E-state index contributed by atoms with van der Waals surface area (Å²) in [6.45, 7) is 0.465. The van der Waals surface area contributed by atoms with Gasteiger partial charge in [-0.2, -0.15) is 0 Å². The summed E-state index contributed by atoms with van der Waals surface area (Å²) in [5.74, 6) is -0.136. The molecule has 0 bridgehead atoms. The number of Topliss-reactive ketones (excluding diaryl/α,β-unsaturated/α-hetero) is 1. The van der Waals surface area contributed by atoms with Crippen LogP contribution < -0.4 is 5.56 Å². The van der Waals surface area contributed by atoms with E-state index < -0.39 is 0 Å². The van der Waals surface area contributed by atoms with Crippen molar-refractivity contribution >= 4 is 16.9 Å². The Bertz CT molecular complexity index is 1110. The highest BCUT2D eigenvalue weighted by Crippen LogP contribution is 2.09. The molecule has 0 spiro atoms. The Morgan fingerprint density at radius 1 is 0.846 bits per heavy atom. The summed E-state index contributed by atoms with van der Waals surface area (Å²) in [5.41, 5.74) is 2.14. The lowest BCUT2D eigenvalue weighted by Crippen LogP contribution is -2.26. The molecular weight excluding hydrogens is 328 g/mol. The smallest absolute Gasteiger partial charge is 0.280 e. The van der Waals surface area contributed by atoms with Gasteiger partial charge in [0.2, 0.25) is 0 Å². The van der Waals surface area contributed by atoms with Crippen LogP contribution in [-0.2, 0) is 13.1 Å². The second-order valence-electron chi connectivity index (χ2n) is 6.00. The van der Waals surface area contributed by atoms with Crippen molar-refractivity contribution in [2.75, 3.05) is 0 Å². The van der Waals surface area contributed by atoms with Gasteiger partial charge in [-0.25, -0.2) is 9.97 Å². The minimum absolute atomic E-state index is 0.0533. The van der Waals surface area contributed by atoms with Gasteiger partial charge in [0, 0.05) is 12.1 Å². The first kappa shape index (κ1) is 16.0. The quantitative estimate of drug-likeness (QED) is 0.522. The van der Waals surface area contributed by atoms with Crippen LogP contribution in [0, 0.1) is 0 Å². The van der Waals surface area contributed by atoms with E-state index in [1.54, 1.807) is 35.2 Å². The monoisotopic (exact) mass is 344 g/mol. The number of ketones is 1. The van der Waals surface area contributed by atoms with Crippen LogP contribution in [0.1, 0.15) is 15.9 Å². The maximum absolute atomic E-state index is 12.9. The summed E-state index contributed by atoms with van der Waals surface area (Å²) in [6, 6.07) is 18.7. The molecule has 26 heavy (non-hydrogen) atoms. The molecule has 0 saturated heterocycles. The molecule has 4 rings (SSSR count). The molecule has 0 unspecified atom stereocenters. The highest BCUT2D eigenvalue weighted by Gasteiger charge is 2.14. The molecule has 0 fully saturated rings. The Labute approximate surface area is 149 Å². The number of rotatable bonds is 5. The van der Waals surface area contributed by atoms with Gasteiger partial charge in [0.1, 0.15) is 6.33 Å². The van der Waals surface area contributed by atoms with Gasteiger partial charge < -0.3 is 4.57 Å². The van der Waals surface area contributed by atoms with E-state index in [2.05, 4.69) is 9.97 Å². The zero-order valence-corrected chi connectivity index (χ0v) is 13.9. The van der Waals surface area contributed by atoms with Gasteiger partial charge in [0.25, 0.3) is 5.56 Å². The van der Waals surface area contributed by atoms with Gasteiger partial charge in [-0.1, -0.05) is 60.7 Å². The van der Waals surface area contributed by atoms with Crippen LogP contribution in [0.5, 0.6) is 0 Å². The number of imidazole rings is 1. The molecular formula is C20H16N4O2. The maximum atomic E-state index is 12.9. The van der Waals surface area contributed by atoms with Gasteiger partial charge >= 0.3 is 0 Å². The molecule has 2 aromatic heterocycles. The van der Waals surface area contributed by atoms with Gasteiger partial charge in [0.15, 0.2) is 16.9 Å². The summed E-state index contributed by atoms with van der Waals surface area (Å²) in [6.07, 6.45) is 2.99. The second kappa shape index (κ2) is 6.76. The number of hydrogen-bond acceptors (Lipinski definition) is 4. The number of aromatic nitrogens is 4. The molecule has 0 aliphatic rings. The molecule has 0 radical (unpaired) electrons. The van der Waals surface area contributed by atoms with E-state index in [-0.39, 0.29) is 17.9 Å². The van der Waals surface area contributed by atoms with E-state index in [9.17, 15) is 9.59 Å². The van der Waals surface area contributed by atoms with E-state index in [4.69, 9.17) is 0 Å². The van der Waals surface area contributed by atoms with Crippen LogP contribution in [0.2, 0.25) is 0 Å². The molecule has 0 amide bonds. The van der Waals surface area contributed by atoms with Crippen molar-refractivity contribution in [3.63, 3.8) is 0 Å². The SMILES string of the molecule is O=C(Cn1cnc2ncn(Cc3ccccc3)c2c1=O)c1ccccc1. The van der Waals surface area contributed by atoms with Crippen molar-refractivity contribution in [1.29, 1.82) is 0 Å². The lowest BCUT2D eigenvalue weighted by molar-refractivity contribution is 0.0970. The lowest BCUT2D eigenvalue weighted by Gasteiger charge is -2.07. The molecule has 4 aromatic rings. The van der Waals surface area contributed by atoms with Gasteiger partial charge in [-0.05, 0) is 5.56 Å². The van der Waals surface area contributed by atoms with Crippen LogP contribution in [0.4, 0.5) is 0 Å². The van der Waals surface area contributed by atoms with E-state index in [1.807, 2.05) is 36.4 Å². The summed E-state index contributed by atoms with van der Waals surface area (Å²) in [5, 5.41) is 0. The fraction of sp³-hybridized carbons (Fsp3) is 0.100. The highest BCUT2D eigenvalue weighted by molar-refractivity contribution is 5.95. The molecule has 128 valence electrons. The zero-order chi connectivity index (χ0) is 17.9. The molecule has 0 aliphatic heterocycles. The second-order valence-corrected chi connectivity index (χ2v) is 6.00. The van der Waals surface area contributed by atoms with Crippen molar-refractivity contribution in [2.45, 2.75) is 13.1 Å². The minimum atomic E-state index is -0.271. The zero-order valence-electron chi connectivity index (χ0n) is 13.9. The van der Waals surface area contributed by atoms with Crippen molar-refractivity contribution in [3.8, 4) is 0 Å². The Morgan fingerprint density at radius 2 is 1.46 bits per heavy atom. The Morgan fingerprint density at radius 3 is 2.15 bits per heavy atom. The summed E-state index contributed by atoms with van der Waals surface area (Å²) in [7, 11) is 0. The summed E-state index contributed by atoms with van der Waals surface area (Å²) in [4.78, 5) is 33.7. The number of benzene rings is 2. The molecule has 6 nitrogen and oxygen atoms in total. The number of nitrogens with zero attached hydrogens (tertiary/aromatic N) is 4. The molecule has 0 aliphatic carbocycles. The van der Waals surface area contributed by atoms with Gasteiger partial charge in [-0.15, -0.1) is 0 Å². The van der Waals surface area contributed by atoms with E-state index >= 15 is 0 Å². The van der Waals surface area contributed by atoms with Crippen LogP contribution in [0.25, 0.3) is 11.2 Å². The van der Waals surface area contributed by atoms with Crippen LogP contribution in [0.3, 0.4) is 0 Å². The third-order valence-corrected chi connectivity index (χ3v) is 4.21. The predicted octanol–water partition coefficient (Wildman–Crippen LogP) is 2.52. The molecule has 2 heterocycles. The molecule has 0 N–H and O–H groups in total. The van der Waals surface area contributed by atoms with Crippen molar-refractivity contribution in [2.24, 2.45) is 0 Å². The summed E-state index contributed by atoms with van der Waals surface area (Å²) >= 11 is 0. The highest BCUT2D eigenvalue weighted by atomic mass is 16.1. The van der Waals surface area contributed by atoms with E-state index in [0.717, 1.165) is 5.56 Å². The number of hydrogen-bond donors (Lipinski definition) is 0. The standard InChI is InChI=1S/C20H16N4O2/c25-17(16-9-5-2-6-10-16)12-24-14-22-19-18(20(24)26)23(13-21-19)11-15-7-3-1-4-8-15/h1-10,13-14H,11-12H2. The Balaban J connectivity index is 1.69. The normalized spacial score (nSPS) is 10.9. The molecule has 6 heteroatoms. The third-order valence-electron chi connectivity index (χ3n) is 4.21. The van der Waals surface area contributed by atoms with Gasteiger partial charge in [-0.3, -0.25) is 14.2 Å². The average Bonchev–Trinajstić information content (AvgIpc) is 3.09. The Hall–Kier alpha value is -3.54. The van der Waals surface area contributed by atoms with Crippen LogP contribution in [-0.4, -0.2) is 24.9 Å². The van der Waals surface area contributed by atoms with Crippen molar-refractivity contribution in [3.05, 3.63) is 94.8 Å². The van der Waals surface area contributed by atoms with Gasteiger partial charge in [0.05, 0.1) is 12.9 Å². The van der Waals surface area contributed by atoms with Crippen LogP contribution in [0.15, 0.2) is 78.1 Å². The third kappa shape index (κ3) is 3.04. The number of fused-ring (bicyclic) bond motifs is 1. The lowest BCUT2D eigenvalue weighted by atomic mass is 10.1. The van der Waals surface area contributed by atoms with Crippen molar-refractivity contribution in [1.82, 2.24) is 19.1 Å². The Kier molecular flexibility index (Phi) is 4.15. The largest absolute Gasteiger partial charge is 0.320 e.